The number of rotatable bonds is 4. The summed E-state index contributed by atoms with van der Waals surface area (Å²) in [6.45, 7) is 4.12. The third-order valence-corrected chi connectivity index (χ3v) is 2.62. The standard InChI is InChI=1S/C22H9F6NO3/c1-3-4-5-6-7-8-9-10-11-12-13-14-15-16-18(32-20(31)22(26,27)28)17(2)29-19(30)21(23,24)25/h16-18H,1H2,2H3,(H,29,30)/t17-,18-/m0/s1. The maximum Gasteiger partial charge on any atom is 0.490 e. The van der Waals surface area contributed by atoms with Gasteiger partial charge in [-0.2, -0.15) is 26.3 Å². The van der Waals surface area contributed by atoms with Crippen molar-refractivity contribution in [2.75, 3.05) is 0 Å². The van der Waals surface area contributed by atoms with Crippen molar-refractivity contribution >= 4 is 11.9 Å². The van der Waals surface area contributed by atoms with E-state index in [1.54, 1.807) is 0 Å². The largest absolute Gasteiger partial charge is 0.490 e. The molecule has 0 aromatic rings. The molecule has 0 aliphatic heterocycles. The van der Waals surface area contributed by atoms with E-state index in [1.165, 1.54) is 5.32 Å². The molecule has 2 atom stereocenters. The monoisotopic (exact) mass is 449 g/mol. The highest BCUT2D eigenvalue weighted by molar-refractivity contribution is 5.82. The fourth-order valence-corrected chi connectivity index (χ4v) is 1.33. The summed E-state index contributed by atoms with van der Waals surface area (Å²) in [5.41, 5.74) is 29.4. The molecule has 0 spiro atoms. The molecule has 0 aliphatic carbocycles. The number of esters is 1. The van der Waals surface area contributed by atoms with Crippen LogP contribution in [0.4, 0.5) is 26.3 Å². The number of amides is 1. The Hall–Kier alpha value is -4.60. The molecule has 0 fully saturated rings. The van der Waals surface area contributed by atoms with E-state index in [2.05, 4.69) is 85.8 Å². The van der Waals surface area contributed by atoms with Gasteiger partial charge >= 0.3 is 24.2 Å². The molecule has 0 bridgehead atoms. The third-order valence-electron chi connectivity index (χ3n) is 2.62. The lowest BCUT2D eigenvalue weighted by atomic mass is 10.1. The number of nitrogens with one attached hydrogen (secondary N) is 1. The van der Waals surface area contributed by atoms with Crippen LogP contribution in [0.3, 0.4) is 0 Å². The van der Waals surface area contributed by atoms with Gasteiger partial charge in [0.05, 0.1) is 6.04 Å². The molecule has 0 aromatic carbocycles. The number of hydrogen-bond acceptors (Lipinski definition) is 3. The van der Waals surface area contributed by atoms with Crippen LogP contribution in [-0.4, -0.2) is 36.4 Å². The Morgan fingerprint density at radius 3 is 1.66 bits per heavy atom. The molecule has 0 saturated heterocycles. The molecule has 0 rings (SSSR count). The molecule has 0 unspecified atom stereocenters. The quantitative estimate of drug-likeness (QED) is 0.405. The van der Waals surface area contributed by atoms with Crippen molar-refractivity contribution in [1.29, 1.82) is 0 Å². The molecule has 1 amide bonds. The lowest BCUT2D eigenvalue weighted by Gasteiger charge is -2.22. The highest BCUT2D eigenvalue weighted by Crippen LogP contribution is 2.19. The van der Waals surface area contributed by atoms with E-state index in [0.717, 1.165) is 6.92 Å². The fraction of sp³-hybridized carbons (Fsp3) is 0.227. The normalized spacial score (nSPS) is 10.7. The highest BCUT2D eigenvalue weighted by Gasteiger charge is 2.44. The molecule has 0 saturated carbocycles. The van der Waals surface area contributed by atoms with Gasteiger partial charge in [-0.15, -0.1) is 0 Å². The summed E-state index contributed by atoms with van der Waals surface area (Å²) >= 11 is 0. The Balaban J connectivity index is 6.00. The number of carbonyl (C=O) groups is 2. The maximum atomic E-state index is 12.4. The first kappa shape index (κ1) is 27.4. The summed E-state index contributed by atoms with van der Waals surface area (Å²) in [5, 5.41) is 1.37. The molecule has 10 heteroatoms. The molecule has 1 N–H and O–H groups in total. The van der Waals surface area contributed by atoms with Gasteiger partial charge in [-0.25, -0.2) is 4.79 Å². The van der Waals surface area contributed by atoms with E-state index >= 15 is 0 Å². The molecule has 0 aromatic heterocycles. The van der Waals surface area contributed by atoms with Crippen LogP contribution in [0.15, 0.2) is 87.2 Å². The van der Waals surface area contributed by atoms with Gasteiger partial charge in [-0.1, -0.05) is 11.5 Å². The number of ether oxygens (including phenoxy) is 1. The summed E-state index contributed by atoms with van der Waals surface area (Å²) in [4.78, 5) is 21.9. The van der Waals surface area contributed by atoms with Crippen LogP contribution >= 0.6 is 0 Å². The molecular formula is C22H9F6NO3. The summed E-state index contributed by atoms with van der Waals surface area (Å²) in [7, 11) is 0. The van der Waals surface area contributed by atoms with Gasteiger partial charge in [0.15, 0.2) is 0 Å². The summed E-state index contributed by atoms with van der Waals surface area (Å²) < 4.78 is 78.0. The van der Waals surface area contributed by atoms with E-state index in [0.29, 0.717) is 6.08 Å². The minimum Gasteiger partial charge on any atom is -0.449 e. The van der Waals surface area contributed by atoms with Crippen molar-refractivity contribution < 1.29 is 40.7 Å². The minimum absolute atomic E-state index is 0.629. The van der Waals surface area contributed by atoms with Gasteiger partial charge in [0.25, 0.3) is 0 Å². The van der Waals surface area contributed by atoms with Crippen LogP contribution in [-0.2, 0) is 14.3 Å². The van der Waals surface area contributed by atoms with Crippen LogP contribution in [0.2, 0.25) is 0 Å². The zero-order chi connectivity index (χ0) is 24.6. The molecule has 0 heterocycles. The summed E-state index contributed by atoms with van der Waals surface area (Å²) in [5.74, 6) is -5.12. The lowest BCUT2D eigenvalue weighted by molar-refractivity contribution is -0.204. The Morgan fingerprint density at radius 1 is 0.812 bits per heavy atom. The van der Waals surface area contributed by atoms with E-state index in [-0.39, 0.29) is 0 Å². The van der Waals surface area contributed by atoms with Crippen LogP contribution in [0.1, 0.15) is 6.92 Å². The van der Waals surface area contributed by atoms with E-state index < -0.39 is 36.4 Å². The fourth-order valence-electron chi connectivity index (χ4n) is 1.33. The topological polar surface area (TPSA) is 55.4 Å². The van der Waals surface area contributed by atoms with Gasteiger partial charge in [0.2, 0.25) is 0 Å². The molecule has 32 heavy (non-hydrogen) atoms. The van der Waals surface area contributed by atoms with E-state index in [9.17, 15) is 35.9 Å². The van der Waals surface area contributed by atoms with Crippen molar-refractivity contribution in [3.8, 4) is 0 Å². The Morgan fingerprint density at radius 2 is 1.25 bits per heavy atom. The maximum absolute atomic E-state index is 12.4. The van der Waals surface area contributed by atoms with Gasteiger partial charge in [0.1, 0.15) is 6.10 Å². The predicted molar refractivity (Wildman–Crippen MR) is 95.5 cm³/mol. The first-order chi connectivity index (χ1) is 14.9. The van der Waals surface area contributed by atoms with Gasteiger partial charge in [-0.05, 0) is 76.5 Å². The van der Waals surface area contributed by atoms with E-state index in [4.69, 9.17) is 0 Å². The molecule has 4 nitrogen and oxygen atoms in total. The SMILES string of the molecule is C=C=C=C=C=C=C=C=C=C=C=C=C=C=C[C@H](OC(=O)C(F)(F)F)[C@H](C)NC(=O)C(F)(F)F. The van der Waals surface area contributed by atoms with Crippen molar-refractivity contribution in [1.82, 2.24) is 5.32 Å². The second-order valence-corrected chi connectivity index (χ2v) is 4.99. The van der Waals surface area contributed by atoms with Crippen LogP contribution in [0.5, 0.6) is 0 Å². The summed E-state index contributed by atoms with van der Waals surface area (Å²) in [6, 6.07) is -1.69. The average molecular weight is 449 g/mol. The van der Waals surface area contributed by atoms with Crippen molar-refractivity contribution in [3.63, 3.8) is 0 Å². The van der Waals surface area contributed by atoms with Gasteiger partial charge in [-0.3, -0.25) is 4.79 Å². The van der Waals surface area contributed by atoms with E-state index in [1.807, 2.05) is 0 Å². The lowest BCUT2D eigenvalue weighted by Crippen LogP contribution is -2.48. The van der Waals surface area contributed by atoms with Crippen LogP contribution < -0.4 is 5.32 Å². The summed E-state index contributed by atoms with van der Waals surface area (Å²) in [6.07, 6.45) is -12.0. The number of carbonyl (C=O) groups excluding carboxylic acids is 2. The minimum atomic E-state index is -5.41. The third kappa shape index (κ3) is 12.8. The Kier molecular flexibility index (Phi) is 11.6. The zero-order valence-electron chi connectivity index (χ0n) is 15.9. The second-order valence-electron chi connectivity index (χ2n) is 4.99. The average Bonchev–Trinajstić information content (AvgIpc) is 2.68. The first-order valence-electron chi connectivity index (χ1n) is 7.91. The zero-order valence-corrected chi connectivity index (χ0v) is 15.9. The molecular weight excluding hydrogens is 440 g/mol. The predicted octanol–water partition coefficient (Wildman–Crippen LogP) is 3.73. The smallest absolute Gasteiger partial charge is 0.449 e. The van der Waals surface area contributed by atoms with Gasteiger partial charge < -0.3 is 10.1 Å². The van der Waals surface area contributed by atoms with Crippen molar-refractivity contribution in [2.45, 2.75) is 31.4 Å². The Bertz CT molecular complexity index is 1240. The highest BCUT2D eigenvalue weighted by atomic mass is 19.4. The van der Waals surface area contributed by atoms with Crippen molar-refractivity contribution in [3.05, 3.63) is 87.2 Å². The van der Waals surface area contributed by atoms with Crippen LogP contribution in [0.25, 0.3) is 0 Å². The first-order valence-corrected chi connectivity index (χ1v) is 7.91. The molecule has 162 valence electrons. The number of alkyl halides is 6. The second kappa shape index (κ2) is 13.6. The molecule has 0 radical (unpaired) electrons. The Labute approximate surface area is 177 Å². The number of halogens is 6. The molecule has 0 aliphatic rings. The van der Waals surface area contributed by atoms with Crippen LogP contribution in [0, 0.1) is 0 Å². The van der Waals surface area contributed by atoms with Crippen molar-refractivity contribution in [2.24, 2.45) is 0 Å². The van der Waals surface area contributed by atoms with Gasteiger partial charge in [0, 0.05) is 6.08 Å². The number of hydrogen-bond donors (Lipinski definition) is 1.